The molecule has 3 aromatic rings. The SMILES string of the molecule is Cc1c(C(=O)NC(C)C2CC3CCC2C3)cnn1-c1ccc2ccccc2n1. The van der Waals surface area contributed by atoms with Crippen molar-refractivity contribution in [1.29, 1.82) is 0 Å². The van der Waals surface area contributed by atoms with E-state index in [0.717, 1.165) is 34.3 Å². The van der Waals surface area contributed by atoms with Crippen LogP contribution in [0.5, 0.6) is 0 Å². The predicted octanol–water partition coefficient (Wildman–Crippen LogP) is 4.28. The first-order valence-electron chi connectivity index (χ1n) is 10.3. The quantitative estimate of drug-likeness (QED) is 0.741. The number of hydrogen-bond donors (Lipinski definition) is 1. The summed E-state index contributed by atoms with van der Waals surface area (Å²) in [7, 11) is 0. The summed E-state index contributed by atoms with van der Waals surface area (Å²) < 4.78 is 1.75. The van der Waals surface area contributed by atoms with E-state index in [1.54, 1.807) is 10.9 Å². The largest absolute Gasteiger partial charge is 0.349 e. The molecule has 4 unspecified atom stereocenters. The van der Waals surface area contributed by atoms with Crippen LogP contribution in [0.2, 0.25) is 0 Å². The molecule has 2 aliphatic carbocycles. The van der Waals surface area contributed by atoms with E-state index in [0.29, 0.717) is 11.5 Å². The van der Waals surface area contributed by atoms with E-state index in [-0.39, 0.29) is 11.9 Å². The van der Waals surface area contributed by atoms with E-state index >= 15 is 0 Å². The normalized spacial score (nSPS) is 24.6. The summed E-state index contributed by atoms with van der Waals surface area (Å²) in [6, 6.07) is 12.2. The molecule has 0 aliphatic heterocycles. The molecule has 1 amide bonds. The molecule has 1 N–H and O–H groups in total. The third-order valence-corrected chi connectivity index (χ3v) is 6.85. The first-order chi connectivity index (χ1) is 13.6. The maximum Gasteiger partial charge on any atom is 0.254 e. The van der Waals surface area contributed by atoms with Gasteiger partial charge in [-0.15, -0.1) is 0 Å². The summed E-state index contributed by atoms with van der Waals surface area (Å²) in [4.78, 5) is 17.6. The minimum Gasteiger partial charge on any atom is -0.349 e. The molecule has 2 fully saturated rings. The fourth-order valence-electron chi connectivity index (χ4n) is 5.33. The van der Waals surface area contributed by atoms with Crippen molar-refractivity contribution in [3.8, 4) is 5.82 Å². The summed E-state index contributed by atoms with van der Waals surface area (Å²) in [6.07, 6.45) is 7.00. The van der Waals surface area contributed by atoms with Crippen LogP contribution in [0.4, 0.5) is 0 Å². The number of nitrogens with zero attached hydrogens (tertiary/aromatic N) is 3. The van der Waals surface area contributed by atoms with Crippen molar-refractivity contribution in [2.75, 3.05) is 0 Å². The molecule has 0 saturated heterocycles. The Kier molecular flexibility index (Phi) is 4.18. The van der Waals surface area contributed by atoms with Gasteiger partial charge >= 0.3 is 0 Å². The Balaban J connectivity index is 1.36. The molecule has 5 heteroatoms. The second-order valence-corrected chi connectivity index (χ2v) is 8.52. The van der Waals surface area contributed by atoms with Gasteiger partial charge in [0.15, 0.2) is 5.82 Å². The zero-order valence-electron chi connectivity index (χ0n) is 16.4. The van der Waals surface area contributed by atoms with Crippen molar-refractivity contribution in [2.24, 2.45) is 17.8 Å². The molecular weight excluding hydrogens is 348 g/mol. The molecule has 144 valence electrons. The van der Waals surface area contributed by atoms with Crippen LogP contribution in [-0.4, -0.2) is 26.7 Å². The van der Waals surface area contributed by atoms with Crippen LogP contribution in [0.15, 0.2) is 42.6 Å². The van der Waals surface area contributed by atoms with Gasteiger partial charge in [0, 0.05) is 11.4 Å². The van der Waals surface area contributed by atoms with Gasteiger partial charge in [0.25, 0.3) is 5.91 Å². The number of benzene rings is 1. The van der Waals surface area contributed by atoms with Gasteiger partial charge in [-0.2, -0.15) is 5.10 Å². The molecule has 4 atom stereocenters. The number of carbonyl (C=O) groups excluding carboxylic acids is 1. The van der Waals surface area contributed by atoms with E-state index in [2.05, 4.69) is 17.3 Å². The molecule has 2 heterocycles. The number of fused-ring (bicyclic) bond motifs is 3. The third-order valence-electron chi connectivity index (χ3n) is 6.85. The average Bonchev–Trinajstić information content (AvgIpc) is 3.43. The first-order valence-corrected chi connectivity index (χ1v) is 10.3. The van der Waals surface area contributed by atoms with Gasteiger partial charge < -0.3 is 5.32 Å². The highest BCUT2D eigenvalue weighted by atomic mass is 16.1. The lowest BCUT2D eigenvalue weighted by Crippen LogP contribution is -2.40. The molecule has 0 spiro atoms. The summed E-state index contributed by atoms with van der Waals surface area (Å²) in [5.74, 6) is 3.01. The summed E-state index contributed by atoms with van der Waals surface area (Å²) in [6.45, 7) is 4.09. The topological polar surface area (TPSA) is 59.8 Å². The molecule has 5 rings (SSSR count). The highest BCUT2D eigenvalue weighted by Gasteiger charge is 2.42. The molecule has 2 saturated carbocycles. The van der Waals surface area contributed by atoms with Crippen LogP contribution in [0, 0.1) is 24.7 Å². The minimum atomic E-state index is -0.0280. The zero-order valence-corrected chi connectivity index (χ0v) is 16.4. The lowest BCUT2D eigenvalue weighted by molar-refractivity contribution is 0.0914. The number of nitrogens with one attached hydrogen (secondary N) is 1. The number of pyridine rings is 1. The van der Waals surface area contributed by atoms with Gasteiger partial charge in [-0.25, -0.2) is 9.67 Å². The summed E-state index contributed by atoms with van der Waals surface area (Å²) in [5.41, 5.74) is 2.37. The average molecular weight is 374 g/mol. The van der Waals surface area contributed by atoms with E-state index in [4.69, 9.17) is 4.98 Å². The molecule has 5 nitrogen and oxygen atoms in total. The van der Waals surface area contributed by atoms with Gasteiger partial charge in [0.2, 0.25) is 0 Å². The van der Waals surface area contributed by atoms with Gasteiger partial charge in [0.05, 0.1) is 23.0 Å². The highest BCUT2D eigenvalue weighted by molar-refractivity contribution is 5.95. The van der Waals surface area contributed by atoms with Crippen molar-refractivity contribution < 1.29 is 4.79 Å². The van der Waals surface area contributed by atoms with Crippen LogP contribution in [-0.2, 0) is 0 Å². The van der Waals surface area contributed by atoms with Gasteiger partial charge in [-0.05, 0) is 69.1 Å². The van der Waals surface area contributed by atoms with Gasteiger partial charge in [0.1, 0.15) is 0 Å². The molecule has 2 aliphatic rings. The molecule has 1 aromatic carbocycles. The Labute approximate surface area is 165 Å². The molecular formula is C23H26N4O. The Bertz CT molecular complexity index is 1040. The summed E-state index contributed by atoms with van der Waals surface area (Å²) >= 11 is 0. The smallest absolute Gasteiger partial charge is 0.254 e. The maximum absolute atomic E-state index is 12.9. The van der Waals surface area contributed by atoms with E-state index in [9.17, 15) is 4.79 Å². The number of hydrogen-bond acceptors (Lipinski definition) is 3. The van der Waals surface area contributed by atoms with Crippen LogP contribution in [0.1, 0.15) is 48.7 Å². The Hall–Kier alpha value is -2.69. The van der Waals surface area contributed by atoms with Gasteiger partial charge in [-0.3, -0.25) is 4.79 Å². The summed E-state index contributed by atoms with van der Waals surface area (Å²) in [5, 5.41) is 8.79. The van der Waals surface area contributed by atoms with Crippen molar-refractivity contribution >= 4 is 16.8 Å². The van der Waals surface area contributed by atoms with Crippen molar-refractivity contribution in [2.45, 2.75) is 45.6 Å². The van der Waals surface area contributed by atoms with E-state index in [1.807, 2.05) is 43.3 Å². The lowest BCUT2D eigenvalue weighted by atomic mass is 9.84. The Morgan fingerprint density at radius 2 is 2.04 bits per heavy atom. The van der Waals surface area contributed by atoms with Gasteiger partial charge in [-0.1, -0.05) is 24.6 Å². The second kappa shape index (κ2) is 6.73. The number of carbonyl (C=O) groups is 1. The molecule has 0 radical (unpaired) electrons. The van der Waals surface area contributed by atoms with Crippen LogP contribution < -0.4 is 5.32 Å². The molecule has 2 bridgehead atoms. The Morgan fingerprint density at radius 3 is 2.82 bits per heavy atom. The standard InChI is InChI=1S/C23H26N4O/c1-14(19-12-16-7-8-18(19)11-16)25-23(28)20-13-24-27(15(20)2)22-10-9-17-5-3-4-6-21(17)26-22/h3-6,9-10,13-14,16,18-19H,7-8,11-12H2,1-2H3,(H,25,28). The van der Waals surface area contributed by atoms with Crippen LogP contribution >= 0.6 is 0 Å². The fourth-order valence-corrected chi connectivity index (χ4v) is 5.33. The molecule has 2 aromatic heterocycles. The Morgan fingerprint density at radius 1 is 1.18 bits per heavy atom. The predicted molar refractivity (Wildman–Crippen MR) is 109 cm³/mol. The molecule has 28 heavy (non-hydrogen) atoms. The minimum absolute atomic E-state index is 0.0280. The van der Waals surface area contributed by atoms with E-state index < -0.39 is 0 Å². The van der Waals surface area contributed by atoms with E-state index in [1.165, 1.54) is 25.7 Å². The van der Waals surface area contributed by atoms with Crippen molar-refractivity contribution in [3.63, 3.8) is 0 Å². The maximum atomic E-state index is 12.9. The van der Waals surface area contributed by atoms with Crippen molar-refractivity contribution in [1.82, 2.24) is 20.1 Å². The number of amides is 1. The number of aromatic nitrogens is 3. The first kappa shape index (κ1) is 17.4. The van der Waals surface area contributed by atoms with Crippen molar-refractivity contribution in [3.05, 3.63) is 53.9 Å². The second-order valence-electron chi connectivity index (χ2n) is 8.52. The fraction of sp³-hybridized carbons (Fsp3) is 0.435. The third kappa shape index (κ3) is 2.89. The number of para-hydroxylation sites is 1. The highest BCUT2D eigenvalue weighted by Crippen LogP contribution is 2.49. The monoisotopic (exact) mass is 374 g/mol. The van der Waals surface area contributed by atoms with Crippen LogP contribution in [0.3, 0.4) is 0 Å². The lowest BCUT2D eigenvalue weighted by Gasteiger charge is -2.28. The van der Waals surface area contributed by atoms with Crippen LogP contribution in [0.25, 0.3) is 16.7 Å². The zero-order chi connectivity index (χ0) is 19.3. The number of rotatable bonds is 4.